The van der Waals surface area contributed by atoms with Gasteiger partial charge in [-0.1, -0.05) is 62.9 Å². The maximum absolute atomic E-state index is 12.6. The molecule has 0 heterocycles. The molecule has 0 bridgehead atoms. The van der Waals surface area contributed by atoms with Gasteiger partial charge in [0.15, 0.2) is 5.11 Å². The van der Waals surface area contributed by atoms with E-state index in [1.165, 1.54) is 25.7 Å². The van der Waals surface area contributed by atoms with Crippen molar-refractivity contribution in [3.8, 4) is 11.8 Å². The first kappa shape index (κ1) is 24.4. The number of nitrogens with zero attached hydrogens (tertiary/aromatic N) is 2. The Balaban J connectivity index is 1.86. The number of benzene rings is 2. The summed E-state index contributed by atoms with van der Waals surface area (Å²) in [5.41, 5.74) is 1.57. The minimum atomic E-state index is -0.272. The van der Waals surface area contributed by atoms with Gasteiger partial charge >= 0.3 is 0 Å². The summed E-state index contributed by atoms with van der Waals surface area (Å²) in [6.07, 6.45) is 6.29. The average molecular weight is 438 g/mol. The second-order valence-electron chi connectivity index (χ2n) is 7.36. The van der Waals surface area contributed by atoms with Gasteiger partial charge in [0, 0.05) is 18.7 Å². The highest BCUT2D eigenvalue weighted by Gasteiger charge is 2.14. The van der Waals surface area contributed by atoms with Gasteiger partial charge in [-0.3, -0.25) is 10.1 Å². The first-order valence-corrected chi connectivity index (χ1v) is 11.3. The summed E-state index contributed by atoms with van der Waals surface area (Å²) >= 11 is 5.45. The molecule has 0 aliphatic carbocycles. The molecular weight excluding hydrogens is 406 g/mol. The molecule has 0 spiro atoms. The molecule has 0 atom stereocenters. The van der Waals surface area contributed by atoms with Crippen LogP contribution in [0.25, 0.3) is 0 Å². The second kappa shape index (κ2) is 14.2. The van der Waals surface area contributed by atoms with E-state index < -0.39 is 0 Å². The third kappa shape index (κ3) is 9.18. The molecule has 2 aromatic rings. The molecule has 0 radical (unpaired) electrons. The van der Waals surface area contributed by atoms with Crippen LogP contribution in [0.1, 0.15) is 61.4 Å². The summed E-state index contributed by atoms with van der Waals surface area (Å²) in [5.74, 6) is 0.487. The molecular formula is C25H31N3O2S. The first-order chi connectivity index (χ1) is 15.1. The number of rotatable bonds is 12. The van der Waals surface area contributed by atoms with Gasteiger partial charge in [-0.2, -0.15) is 5.26 Å². The fourth-order valence-electron chi connectivity index (χ4n) is 3.09. The number of carbonyl (C=O) groups excluding carboxylic acids is 1. The van der Waals surface area contributed by atoms with Gasteiger partial charge in [0.25, 0.3) is 5.91 Å². The third-order valence-corrected chi connectivity index (χ3v) is 5.21. The zero-order valence-electron chi connectivity index (χ0n) is 18.2. The van der Waals surface area contributed by atoms with Crippen LogP contribution >= 0.6 is 12.2 Å². The van der Waals surface area contributed by atoms with Gasteiger partial charge < -0.3 is 9.64 Å². The maximum atomic E-state index is 12.6. The molecule has 1 amide bonds. The van der Waals surface area contributed by atoms with Crippen molar-refractivity contribution < 1.29 is 9.53 Å². The summed E-state index contributed by atoms with van der Waals surface area (Å²) in [5, 5.41) is 12.0. The zero-order chi connectivity index (χ0) is 22.3. The smallest absolute Gasteiger partial charge is 0.257 e. The lowest BCUT2D eigenvalue weighted by Gasteiger charge is -2.24. The molecule has 2 aromatic carbocycles. The Hall–Kier alpha value is -2.91. The summed E-state index contributed by atoms with van der Waals surface area (Å²) in [7, 11) is 0. The van der Waals surface area contributed by atoms with E-state index in [1.54, 1.807) is 24.3 Å². The van der Waals surface area contributed by atoms with E-state index in [-0.39, 0.29) is 5.91 Å². The normalized spacial score (nSPS) is 10.2. The fourth-order valence-corrected chi connectivity index (χ4v) is 3.34. The van der Waals surface area contributed by atoms with Gasteiger partial charge in [-0.05, 0) is 48.5 Å². The molecule has 0 unspecified atom stereocenters. The Bertz CT molecular complexity index is 847. The number of carbonyl (C=O) groups is 1. The highest BCUT2D eigenvalue weighted by Crippen LogP contribution is 2.14. The van der Waals surface area contributed by atoms with E-state index in [4.69, 9.17) is 22.2 Å². The van der Waals surface area contributed by atoms with Crippen molar-refractivity contribution in [2.24, 2.45) is 0 Å². The summed E-state index contributed by atoms with van der Waals surface area (Å²) in [6.45, 7) is 3.88. The van der Waals surface area contributed by atoms with Crippen LogP contribution in [-0.2, 0) is 6.54 Å². The highest BCUT2D eigenvalue weighted by molar-refractivity contribution is 7.80. The van der Waals surface area contributed by atoms with E-state index >= 15 is 0 Å². The first-order valence-electron chi connectivity index (χ1n) is 10.9. The molecule has 5 nitrogen and oxygen atoms in total. The van der Waals surface area contributed by atoms with Gasteiger partial charge in [0.05, 0.1) is 19.1 Å². The number of hydrogen-bond donors (Lipinski definition) is 1. The number of nitriles is 1. The van der Waals surface area contributed by atoms with Crippen molar-refractivity contribution in [1.82, 2.24) is 10.2 Å². The highest BCUT2D eigenvalue weighted by atomic mass is 32.1. The van der Waals surface area contributed by atoms with Crippen LogP contribution in [0.4, 0.5) is 0 Å². The molecule has 2 rings (SSSR count). The third-order valence-electron chi connectivity index (χ3n) is 4.85. The van der Waals surface area contributed by atoms with Crippen molar-refractivity contribution in [1.29, 1.82) is 5.26 Å². The largest absolute Gasteiger partial charge is 0.494 e. The Kier molecular flexibility index (Phi) is 11.1. The Morgan fingerprint density at radius 3 is 2.45 bits per heavy atom. The molecule has 1 N–H and O–H groups in total. The van der Waals surface area contributed by atoms with E-state index in [9.17, 15) is 4.79 Å². The summed E-state index contributed by atoms with van der Waals surface area (Å²) in [6, 6.07) is 19.1. The lowest BCUT2D eigenvalue weighted by Crippen LogP contribution is -2.42. The Labute approximate surface area is 191 Å². The van der Waals surface area contributed by atoms with Crippen LogP contribution in [0.3, 0.4) is 0 Å². The second-order valence-corrected chi connectivity index (χ2v) is 7.75. The molecule has 0 fully saturated rings. The number of nitrogens with one attached hydrogen (secondary N) is 1. The lowest BCUT2D eigenvalue weighted by atomic mass is 10.2. The quantitative estimate of drug-likeness (QED) is 0.352. The van der Waals surface area contributed by atoms with Gasteiger partial charge in [0.1, 0.15) is 5.75 Å². The summed E-state index contributed by atoms with van der Waals surface area (Å²) in [4.78, 5) is 14.5. The van der Waals surface area contributed by atoms with Gasteiger partial charge in [-0.15, -0.1) is 0 Å². The van der Waals surface area contributed by atoms with Gasteiger partial charge in [0.2, 0.25) is 0 Å². The van der Waals surface area contributed by atoms with Crippen molar-refractivity contribution in [2.75, 3.05) is 13.2 Å². The fraction of sp³-hybridized carbons (Fsp3) is 0.400. The van der Waals surface area contributed by atoms with Crippen LogP contribution in [-0.4, -0.2) is 29.1 Å². The standard InChI is InChI=1S/C25H31N3O2S/c1-2-3-4-5-9-19-30-23-15-13-22(14-16-23)24(29)27-25(31)28(18-10-17-26)20-21-11-7-6-8-12-21/h6-8,11-16H,2-5,9-10,18-20H2,1H3,(H,27,29,31). The Morgan fingerprint density at radius 2 is 1.77 bits per heavy atom. The zero-order valence-corrected chi connectivity index (χ0v) is 19.0. The minimum Gasteiger partial charge on any atom is -0.494 e. The predicted octanol–water partition coefficient (Wildman–Crippen LogP) is 5.47. The van der Waals surface area contributed by atoms with Crippen LogP contribution in [0.5, 0.6) is 5.75 Å². The van der Waals surface area contributed by atoms with E-state index in [0.717, 1.165) is 17.7 Å². The van der Waals surface area contributed by atoms with Crippen molar-refractivity contribution >= 4 is 23.2 Å². The number of hydrogen-bond acceptors (Lipinski definition) is 4. The maximum Gasteiger partial charge on any atom is 0.257 e. The number of thiocarbonyl (C=S) groups is 1. The lowest BCUT2D eigenvalue weighted by molar-refractivity contribution is 0.0973. The number of unbranched alkanes of at least 4 members (excludes halogenated alkanes) is 4. The summed E-state index contributed by atoms with van der Waals surface area (Å²) < 4.78 is 5.75. The molecule has 0 aliphatic heterocycles. The molecule has 6 heteroatoms. The molecule has 0 saturated carbocycles. The Morgan fingerprint density at radius 1 is 1.06 bits per heavy atom. The average Bonchev–Trinajstić information content (AvgIpc) is 2.80. The minimum absolute atomic E-state index is 0.272. The number of amides is 1. The van der Waals surface area contributed by atoms with Crippen LogP contribution in [0, 0.1) is 11.3 Å². The van der Waals surface area contributed by atoms with E-state index in [0.29, 0.717) is 36.8 Å². The predicted molar refractivity (Wildman–Crippen MR) is 128 cm³/mol. The molecule has 0 aromatic heterocycles. The molecule has 0 saturated heterocycles. The number of ether oxygens (including phenoxy) is 1. The van der Waals surface area contributed by atoms with Crippen molar-refractivity contribution in [3.05, 3.63) is 65.7 Å². The molecule has 0 aliphatic rings. The van der Waals surface area contributed by atoms with Gasteiger partial charge in [-0.25, -0.2) is 0 Å². The van der Waals surface area contributed by atoms with E-state index in [1.807, 2.05) is 35.2 Å². The van der Waals surface area contributed by atoms with Crippen LogP contribution < -0.4 is 10.1 Å². The van der Waals surface area contributed by atoms with Crippen LogP contribution in [0.15, 0.2) is 54.6 Å². The molecule has 31 heavy (non-hydrogen) atoms. The molecule has 164 valence electrons. The van der Waals surface area contributed by atoms with Crippen molar-refractivity contribution in [2.45, 2.75) is 52.0 Å². The monoisotopic (exact) mass is 437 g/mol. The SMILES string of the molecule is CCCCCCCOc1ccc(C(=O)NC(=S)N(CCC#N)Cc2ccccc2)cc1. The van der Waals surface area contributed by atoms with E-state index in [2.05, 4.69) is 18.3 Å². The topological polar surface area (TPSA) is 65.4 Å². The van der Waals surface area contributed by atoms with Crippen LogP contribution in [0.2, 0.25) is 0 Å². The van der Waals surface area contributed by atoms with Crippen molar-refractivity contribution in [3.63, 3.8) is 0 Å².